The highest BCUT2D eigenvalue weighted by Crippen LogP contribution is 2.31. The highest BCUT2D eigenvalue weighted by Gasteiger charge is 2.52. The van der Waals surface area contributed by atoms with Gasteiger partial charge in [0.25, 0.3) is 0 Å². The Balaban J connectivity index is 1.67. The van der Waals surface area contributed by atoms with Crippen molar-refractivity contribution in [1.82, 2.24) is 0 Å². The maximum atomic E-state index is 10.6. The molecule has 3 heterocycles. The zero-order valence-corrected chi connectivity index (χ0v) is 17.6. The Labute approximate surface area is 187 Å². The molecule has 3 aliphatic heterocycles. The fourth-order valence-electron chi connectivity index (χ4n) is 4.02. The number of hydrogen-bond donors (Lipinski definition) is 10. The van der Waals surface area contributed by atoms with Gasteiger partial charge in [-0.25, -0.2) is 0 Å². The van der Waals surface area contributed by atoms with Crippen molar-refractivity contribution in [3.8, 4) is 0 Å². The second-order valence-electron chi connectivity index (χ2n) is 8.32. The first-order chi connectivity index (χ1) is 15.5. The third-order valence-corrected chi connectivity index (χ3v) is 6.05. The van der Waals surface area contributed by atoms with Crippen molar-refractivity contribution in [3.05, 3.63) is 0 Å². The van der Waals surface area contributed by atoms with E-state index in [9.17, 15) is 51.1 Å². The zero-order valence-electron chi connectivity index (χ0n) is 17.6. The molecule has 15 heteroatoms. The zero-order chi connectivity index (χ0) is 24.6. The van der Waals surface area contributed by atoms with E-state index in [0.29, 0.717) is 0 Å². The summed E-state index contributed by atoms with van der Waals surface area (Å²) in [6.45, 7) is 0.00827. The Morgan fingerprint density at radius 1 is 0.545 bits per heavy atom. The first-order valence-electron chi connectivity index (χ1n) is 10.4. The molecular weight excluding hydrogens is 456 g/mol. The average Bonchev–Trinajstić information content (AvgIpc) is 2.79. The van der Waals surface area contributed by atoms with E-state index in [1.165, 1.54) is 6.92 Å². The van der Waals surface area contributed by atoms with Gasteiger partial charge in [-0.15, -0.1) is 0 Å². The molecule has 0 aromatic rings. The smallest absolute Gasteiger partial charge is 0.187 e. The molecule has 1 unspecified atom stereocenters. The molecule has 15 atom stereocenters. The number of ether oxygens (including phenoxy) is 5. The highest BCUT2D eigenvalue weighted by atomic mass is 16.7. The van der Waals surface area contributed by atoms with Crippen LogP contribution in [0.3, 0.4) is 0 Å². The van der Waals surface area contributed by atoms with Gasteiger partial charge in [0.15, 0.2) is 18.9 Å². The number of aliphatic hydroxyl groups is 10. The summed E-state index contributed by atoms with van der Waals surface area (Å²) >= 11 is 0. The van der Waals surface area contributed by atoms with Gasteiger partial charge in [0.05, 0.1) is 19.3 Å². The van der Waals surface area contributed by atoms with Gasteiger partial charge < -0.3 is 74.7 Å². The monoisotopic (exact) mass is 488 g/mol. The molecular formula is C18H32O15. The molecule has 194 valence electrons. The normalized spacial score (nSPS) is 53.7. The van der Waals surface area contributed by atoms with Gasteiger partial charge in [-0.2, -0.15) is 0 Å². The molecule has 3 rings (SSSR count). The molecule has 3 fully saturated rings. The first-order valence-corrected chi connectivity index (χ1v) is 10.4. The van der Waals surface area contributed by atoms with Crippen LogP contribution in [0.1, 0.15) is 6.92 Å². The predicted molar refractivity (Wildman–Crippen MR) is 99.8 cm³/mol. The van der Waals surface area contributed by atoms with Crippen LogP contribution in [0.15, 0.2) is 0 Å². The van der Waals surface area contributed by atoms with Crippen molar-refractivity contribution in [2.24, 2.45) is 0 Å². The number of rotatable bonds is 6. The molecule has 0 aromatic carbocycles. The minimum Gasteiger partial charge on any atom is -0.394 e. The molecule has 0 saturated carbocycles. The molecule has 10 N–H and O–H groups in total. The molecule has 0 amide bonds. The molecule has 0 bridgehead atoms. The van der Waals surface area contributed by atoms with Crippen LogP contribution in [0.25, 0.3) is 0 Å². The Morgan fingerprint density at radius 2 is 1.06 bits per heavy atom. The van der Waals surface area contributed by atoms with E-state index in [0.717, 1.165) is 0 Å². The summed E-state index contributed by atoms with van der Waals surface area (Å²) in [4.78, 5) is 0. The molecule has 15 nitrogen and oxygen atoms in total. The van der Waals surface area contributed by atoms with Gasteiger partial charge in [0, 0.05) is 0 Å². The molecule has 3 aliphatic rings. The third-order valence-electron chi connectivity index (χ3n) is 6.05. The van der Waals surface area contributed by atoms with Crippen molar-refractivity contribution < 1.29 is 74.7 Å². The summed E-state index contributed by atoms with van der Waals surface area (Å²) in [5, 5.41) is 99.5. The summed E-state index contributed by atoms with van der Waals surface area (Å²) in [6.07, 6.45) is -23.5. The van der Waals surface area contributed by atoms with Crippen LogP contribution in [0.5, 0.6) is 0 Å². The fraction of sp³-hybridized carbons (Fsp3) is 1.00. The number of aliphatic hydroxyl groups excluding tert-OH is 10. The summed E-state index contributed by atoms with van der Waals surface area (Å²) in [5.74, 6) is 0. The van der Waals surface area contributed by atoms with Crippen LogP contribution in [-0.4, -0.2) is 156 Å². The van der Waals surface area contributed by atoms with Crippen molar-refractivity contribution in [3.63, 3.8) is 0 Å². The van der Waals surface area contributed by atoms with E-state index in [4.69, 9.17) is 23.7 Å². The largest absolute Gasteiger partial charge is 0.394 e. The van der Waals surface area contributed by atoms with E-state index in [2.05, 4.69) is 0 Å². The molecule has 3 saturated heterocycles. The van der Waals surface area contributed by atoms with Crippen LogP contribution in [0, 0.1) is 0 Å². The summed E-state index contributed by atoms with van der Waals surface area (Å²) in [7, 11) is 0. The van der Waals surface area contributed by atoms with Crippen LogP contribution in [0.2, 0.25) is 0 Å². The maximum absolute atomic E-state index is 10.6. The van der Waals surface area contributed by atoms with Crippen molar-refractivity contribution in [2.75, 3.05) is 13.2 Å². The second kappa shape index (κ2) is 11.0. The molecule has 0 spiro atoms. The fourth-order valence-corrected chi connectivity index (χ4v) is 4.02. The van der Waals surface area contributed by atoms with Gasteiger partial charge in [0.2, 0.25) is 0 Å². The van der Waals surface area contributed by atoms with E-state index < -0.39 is 105 Å². The van der Waals surface area contributed by atoms with Crippen molar-refractivity contribution in [1.29, 1.82) is 0 Å². The van der Waals surface area contributed by atoms with Gasteiger partial charge in [-0.05, 0) is 6.92 Å². The van der Waals surface area contributed by atoms with Crippen LogP contribution >= 0.6 is 0 Å². The van der Waals surface area contributed by atoms with Crippen LogP contribution in [0.4, 0.5) is 0 Å². The third kappa shape index (κ3) is 5.32. The average molecular weight is 488 g/mol. The lowest BCUT2D eigenvalue weighted by Gasteiger charge is -2.47. The minimum absolute atomic E-state index is 0.695. The molecule has 0 radical (unpaired) electrons. The van der Waals surface area contributed by atoms with Gasteiger partial charge in [-0.1, -0.05) is 0 Å². The standard InChI is InChI=1S/C18H32O15/c1-4-14(32-18-11(25)9(23)7(21)5(2-19)31-18)10(24)12(26)17(29-4)33-15-8(22)6(3-20)30-16(28)13(15)27/h4-28H,2-3H2,1H3/t4-,5+,6+,7+,8+,9-,10-,11+,12+,13+,14-,15-,16?,17-,18-/m0/s1. The van der Waals surface area contributed by atoms with E-state index in [1.807, 2.05) is 0 Å². The highest BCUT2D eigenvalue weighted by molar-refractivity contribution is 4.95. The first kappa shape index (κ1) is 27.0. The van der Waals surface area contributed by atoms with Crippen molar-refractivity contribution >= 4 is 0 Å². The lowest BCUT2D eigenvalue weighted by atomic mass is 9.96. The predicted octanol–water partition coefficient (Wildman–Crippen LogP) is -6.55. The SMILES string of the molecule is C[C@@H]1O[C@@H](O[C@H]2[C@H](O)[C@@H](CO)OC(O)[C@@H]2O)[C@H](O)[C@H](O)[C@H]1O[C@@H]1O[C@H](CO)[C@@H](O)[C@H](O)[C@H]1O. The second-order valence-corrected chi connectivity index (χ2v) is 8.32. The summed E-state index contributed by atoms with van der Waals surface area (Å²) in [5.41, 5.74) is 0. The molecule has 0 aromatic heterocycles. The van der Waals surface area contributed by atoms with Gasteiger partial charge in [-0.3, -0.25) is 0 Å². The summed E-state index contributed by atoms with van der Waals surface area (Å²) in [6, 6.07) is 0. The van der Waals surface area contributed by atoms with Crippen LogP contribution in [-0.2, 0) is 23.7 Å². The Kier molecular flexibility index (Phi) is 8.99. The van der Waals surface area contributed by atoms with Crippen LogP contribution < -0.4 is 0 Å². The lowest BCUT2D eigenvalue weighted by molar-refractivity contribution is -0.374. The summed E-state index contributed by atoms with van der Waals surface area (Å²) < 4.78 is 26.5. The molecule has 0 aliphatic carbocycles. The Hall–Kier alpha value is -0.600. The Morgan fingerprint density at radius 3 is 1.67 bits per heavy atom. The van der Waals surface area contributed by atoms with Gasteiger partial charge >= 0.3 is 0 Å². The minimum atomic E-state index is -1.82. The lowest BCUT2D eigenvalue weighted by Crippen LogP contribution is -2.65. The quantitative estimate of drug-likeness (QED) is 0.167. The van der Waals surface area contributed by atoms with E-state index in [1.54, 1.807) is 0 Å². The topological polar surface area (TPSA) is 248 Å². The number of hydrogen-bond acceptors (Lipinski definition) is 15. The van der Waals surface area contributed by atoms with E-state index in [-0.39, 0.29) is 0 Å². The molecule has 33 heavy (non-hydrogen) atoms. The maximum Gasteiger partial charge on any atom is 0.187 e. The van der Waals surface area contributed by atoms with Crippen molar-refractivity contribution in [2.45, 2.75) is 99.0 Å². The van der Waals surface area contributed by atoms with Gasteiger partial charge in [0.1, 0.15) is 67.1 Å². The van der Waals surface area contributed by atoms with E-state index >= 15 is 0 Å². The Bertz CT molecular complexity index is 624.